The van der Waals surface area contributed by atoms with Crippen molar-refractivity contribution in [3.05, 3.63) is 70.4 Å². The highest BCUT2D eigenvalue weighted by molar-refractivity contribution is 6.34. The molecule has 0 aliphatic heterocycles. The number of rotatable bonds is 6. The zero-order valence-electron chi connectivity index (χ0n) is 15.1. The van der Waals surface area contributed by atoms with Gasteiger partial charge in [-0.3, -0.25) is 9.59 Å². The fourth-order valence-corrected chi connectivity index (χ4v) is 2.95. The van der Waals surface area contributed by atoms with Gasteiger partial charge in [-0.25, -0.2) is 0 Å². The Kier molecular flexibility index (Phi) is 6.39. The van der Waals surface area contributed by atoms with E-state index in [-0.39, 0.29) is 11.7 Å². The molecule has 5 nitrogen and oxygen atoms in total. The molecule has 0 aliphatic rings. The maximum atomic E-state index is 12.5. The lowest BCUT2D eigenvalue weighted by atomic mass is 10.2. The summed E-state index contributed by atoms with van der Waals surface area (Å²) in [6.07, 6.45) is 1.17. The van der Waals surface area contributed by atoms with Crippen LogP contribution in [0.2, 0.25) is 10.0 Å². The summed E-state index contributed by atoms with van der Waals surface area (Å²) in [4.78, 5) is 24.3. The normalized spacial score (nSPS) is 10.5. The van der Waals surface area contributed by atoms with Crippen molar-refractivity contribution in [1.29, 1.82) is 0 Å². The molecule has 2 aromatic carbocycles. The van der Waals surface area contributed by atoms with Crippen molar-refractivity contribution < 1.29 is 14.0 Å². The average Bonchev–Trinajstić information content (AvgIpc) is 3.15. The molecule has 0 fully saturated rings. The number of carbonyl (C=O) groups is 2. The predicted octanol–water partition coefficient (Wildman–Crippen LogP) is 6.24. The Hall–Kier alpha value is -2.76. The van der Waals surface area contributed by atoms with Crippen molar-refractivity contribution in [2.24, 2.45) is 0 Å². The minimum absolute atomic E-state index is 0.0979. The molecule has 0 saturated carbocycles. The first-order valence-electron chi connectivity index (χ1n) is 8.73. The van der Waals surface area contributed by atoms with Crippen LogP contribution in [-0.4, -0.2) is 11.8 Å². The molecule has 0 radical (unpaired) electrons. The lowest BCUT2D eigenvalue weighted by Gasteiger charge is -2.10. The smallest absolute Gasteiger partial charge is 0.291 e. The van der Waals surface area contributed by atoms with Gasteiger partial charge >= 0.3 is 0 Å². The van der Waals surface area contributed by atoms with E-state index in [9.17, 15) is 9.59 Å². The largest absolute Gasteiger partial charge is 0.451 e. The summed E-state index contributed by atoms with van der Waals surface area (Å²) in [5.74, 6) is 0.109. The Morgan fingerprint density at radius 3 is 2.57 bits per heavy atom. The molecule has 3 rings (SSSR count). The van der Waals surface area contributed by atoms with Crippen LogP contribution in [0, 0.1) is 0 Å². The van der Waals surface area contributed by atoms with E-state index in [1.807, 2.05) is 13.0 Å². The Bertz CT molecular complexity index is 1010. The maximum absolute atomic E-state index is 12.5. The third kappa shape index (κ3) is 4.94. The number of anilines is 2. The van der Waals surface area contributed by atoms with Crippen molar-refractivity contribution in [2.75, 3.05) is 10.6 Å². The van der Waals surface area contributed by atoms with E-state index >= 15 is 0 Å². The molecule has 0 unspecified atom stereocenters. The molecule has 1 aromatic heterocycles. The van der Waals surface area contributed by atoms with Crippen molar-refractivity contribution >= 4 is 46.4 Å². The molecule has 0 spiro atoms. The predicted molar refractivity (Wildman–Crippen MR) is 112 cm³/mol. The SMILES string of the molecule is CCCC(=O)Nc1ccc(Cl)c(NC(=O)c2ccc(-c3cccc(Cl)c3)o2)c1. The summed E-state index contributed by atoms with van der Waals surface area (Å²) >= 11 is 12.2. The first-order chi connectivity index (χ1) is 13.5. The Morgan fingerprint density at radius 1 is 1.00 bits per heavy atom. The molecule has 2 N–H and O–H groups in total. The fraction of sp³-hybridized carbons (Fsp3) is 0.143. The summed E-state index contributed by atoms with van der Waals surface area (Å²) < 4.78 is 5.64. The second kappa shape index (κ2) is 8.95. The van der Waals surface area contributed by atoms with Gasteiger partial charge in [-0.05, 0) is 48.9 Å². The van der Waals surface area contributed by atoms with Gasteiger partial charge in [0.15, 0.2) is 5.76 Å². The van der Waals surface area contributed by atoms with E-state index in [4.69, 9.17) is 27.6 Å². The van der Waals surface area contributed by atoms with Gasteiger partial charge in [-0.2, -0.15) is 0 Å². The molecule has 28 heavy (non-hydrogen) atoms. The number of benzene rings is 2. The van der Waals surface area contributed by atoms with Crippen molar-refractivity contribution in [1.82, 2.24) is 0 Å². The van der Waals surface area contributed by atoms with Crippen LogP contribution in [0.3, 0.4) is 0 Å². The molecular weight excluding hydrogens is 399 g/mol. The van der Waals surface area contributed by atoms with Crippen molar-refractivity contribution in [2.45, 2.75) is 19.8 Å². The Balaban J connectivity index is 1.75. The number of hydrogen-bond donors (Lipinski definition) is 2. The molecule has 0 atom stereocenters. The summed E-state index contributed by atoms with van der Waals surface area (Å²) in [6.45, 7) is 1.92. The van der Waals surface area contributed by atoms with E-state index in [0.29, 0.717) is 33.6 Å². The first kappa shape index (κ1) is 20.0. The topological polar surface area (TPSA) is 71.3 Å². The van der Waals surface area contributed by atoms with E-state index < -0.39 is 5.91 Å². The van der Waals surface area contributed by atoms with Crippen LogP contribution in [0.25, 0.3) is 11.3 Å². The third-order valence-corrected chi connectivity index (χ3v) is 4.48. The van der Waals surface area contributed by atoms with E-state index in [1.54, 1.807) is 48.5 Å². The van der Waals surface area contributed by atoms with Crippen LogP contribution < -0.4 is 10.6 Å². The number of furan rings is 1. The Morgan fingerprint density at radius 2 is 1.82 bits per heavy atom. The van der Waals surface area contributed by atoms with Gasteiger partial charge in [0.2, 0.25) is 5.91 Å². The molecular formula is C21H18Cl2N2O3. The number of halogens is 2. The molecule has 7 heteroatoms. The zero-order valence-corrected chi connectivity index (χ0v) is 16.6. The van der Waals surface area contributed by atoms with Crippen LogP contribution >= 0.6 is 23.2 Å². The maximum Gasteiger partial charge on any atom is 0.291 e. The monoisotopic (exact) mass is 416 g/mol. The number of carbonyl (C=O) groups excluding carboxylic acids is 2. The minimum atomic E-state index is -0.452. The average molecular weight is 417 g/mol. The van der Waals surface area contributed by atoms with Crippen LogP contribution in [0.5, 0.6) is 0 Å². The third-order valence-electron chi connectivity index (χ3n) is 3.91. The van der Waals surface area contributed by atoms with Crippen LogP contribution in [0.1, 0.15) is 30.3 Å². The second-order valence-electron chi connectivity index (χ2n) is 6.12. The number of nitrogens with one attached hydrogen (secondary N) is 2. The van der Waals surface area contributed by atoms with Gasteiger partial charge in [0.05, 0.1) is 10.7 Å². The van der Waals surface area contributed by atoms with Crippen molar-refractivity contribution in [3.63, 3.8) is 0 Å². The van der Waals surface area contributed by atoms with Crippen LogP contribution in [0.4, 0.5) is 11.4 Å². The van der Waals surface area contributed by atoms with Gasteiger partial charge in [0.25, 0.3) is 5.91 Å². The summed E-state index contributed by atoms with van der Waals surface area (Å²) in [7, 11) is 0. The highest BCUT2D eigenvalue weighted by Crippen LogP contribution is 2.28. The van der Waals surface area contributed by atoms with E-state index in [2.05, 4.69) is 10.6 Å². The number of hydrogen-bond acceptors (Lipinski definition) is 3. The summed E-state index contributed by atoms with van der Waals surface area (Å²) in [6, 6.07) is 15.3. The quantitative estimate of drug-likeness (QED) is 0.498. The van der Waals surface area contributed by atoms with Gasteiger partial charge in [0.1, 0.15) is 5.76 Å². The highest BCUT2D eigenvalue weighted by atomic mass is 35.5. The first-order valence-corrected chi connectivity index (χ1v) is 9.48. The molecule has 2 amide bonds. The highest BCUT2D eigenvalue weighted by Gasteiger charge is 2.15. The van der Waals surface area contributed by atoms with Crippen LogP contribution in [-0.2, 0) is 4.79 Å². The van der Waals surface area contributed by atoms with Gasteiger partial charge < -0.3 is 15.1 Å². The van der Waals surface area contributed by atoms with Crippen molar-refractivity contribution in [3.8, 4) is 11.3 Å². The summed E-state index contributed by atoms with van der Waals surface area (Å²) in [5.41, 5.74) is 1.70. The molecule has 144 valence electrons. The Labute approximate surface area is 172 Å². The molecule has 3 aromatic rings. The van der Waals surface area contributed by atoms with Crippen LogP contribution in [0.15, 0.2) is 59.0 Å². The standard InChI is InChI=1S/C21H18Cl2N2O3/c1-2-4-20(26)24-15-7-8-16(23)17(12-15)25-21(27)19-10-9-18(28-19)13-5-3-6-14(22)11-13/h3,5-12H,2,4H2,1H3,(H,24,26)(H,25,27). The zero-order chi connectivity index (χ0) is 20.1. The lowest BCUT2D eigenvalue weighted by Crippen LogP contribution is -2.13. The van der Waals surface area contributed by atoms with Gasteiger partial charge in [-0.1, -0.05) is 42.3 Å². The minimum Gasteiger partial charge on any atom is -0.451 e. The molecule has 0 saturated heterocycles. The molecule has 0 aliphatic carbocycles. The molecule has 0 bridgehead atoms. The summed E-state index contributed by atoms with van der Waals surface area (Å²) in [5, 5.41) is 6.40. The van der Waals surface area contributed by atoms with Gasteiger partial charge in [0, 0.05) is 22.7 Å². The number of amides is 2. The van der Waals surface area contributed by atoms with Gasteiger partial charge in [-0.15, -0.1) is 0 Å². The molecule has 1 heterocycles. The van der Waals surface area contributed by atoms with E-state index in [1.165, 1.54) is 0 Å². The second-order valence-corrected chi connectivity index (χ2v) is 6.96. The lowest BCUT2D eigenvalue weighted by molar-refractivity contribution is -0.116. The van der Waals surface area contributed by atoms with E-state index in [0.717, 1.165) is 12.0 Å². The fourth-order valence-electron chi connectivity index (χ4n) is 2.59.